The molecule has 0 aliphatic carbocycles. The van der Waals surface area contributed by atoms with Gasteiger partial charge in [-0.25, -0.2) is 4.39 Å². The summed E-state index contributed by atoms with van der Waals surface area (Å²) in [5.41, 5.74) is 6.57. The first kappa shape index (κ1) is 12.5. The molecule has 2 nitrogen and oxygen atoms in total. The SMILES string of the molecule is C=CCN(CC=C)Cc1ccc(N)cc1F. The van der Waals surface area contributed by atoms with Crippen LogP contribution in [0.15, 0.2) is 43.5 Å². The number of halogens is 1. The molecule has 1 aromatic rings. The quantitative estimate of drug-likeness (QED) is 0.589. The summed E-state index contributed by atoms with van der Waals surface area (Å²) >= 11 is 0. The number of nitrogen functional groups attached to an aromatic ring is 1. The van der Waals surface area contributed by atoms with Crippen molar-refractivity contribution < 1.29 is 4.39 Å². The summed E-state index contributed by atoms with van der Waals surface area (Å²) in [5.74, 6) is -0.266. The van der Waals surface area contributed by atoms with Crippen LogP contribution in [0.25, 0.3) is 0 Å². The lowest BCUT2D eigenvalue weighted by molar-refractivity contribution is 0.322. The third kappa shape index (κ3) is 3.51. The van der Waals surface area contributed by atoms with Gasteiger partial charge in [0.25, 0.3) is 0 Å². The topological polar surface area (TPSA) is 29.3 Å². The minimum Gasteiger partial charge on any atom is -0.399 e. The highest BCUT2D eigenvalue weighted by atomic mass is 19.1. The molecule has 86 valence electrons. The maximum Gasteiger partial charge on any atom is 0.129 e. The molecule has 0 heterocycles. The van der Waals surface area contributed by atoms with Gasteiger partial charge in [-0.15, -0.1) is 13.2 Å². The van der Waals surface area contributed by atoms with Crippen molar-refractivity contribution in [2.45, 2.75) is 6.54 Å². The average molecular weight is 220 g/mol. The number of anilines is 1. The van der Waals surface area contributed by atoms with Crippen LogP contribution in [0.5, 0.6) is 0 Å². The Hall–Kier alpha value is -1.61. The van der Waals surface area contributed by atoms with E-state index in [0.29, 0.717) is 30.9 Å². The van der Waals surface area contributed by atoms with Gasteiger partial charge in [0.05, 0.1) is 0 Å². The molecular formula is C13H17FN2. The fourth-order valence-corrected chi connectivity index (χ4v) is 1.50. The third-order valence-electron chi connectivity index (χ3n) is 2.25. The maximum atomic E-state index is 13.5. The zero-order valence-electron chi connectivity index (χ0n) is 9.32. The second kappa shape index (κ2) is 6.08. The van der Waals surface area contributed by atoms with Crippen LogP contribution in [0.1, 0.15) is 5.56 Å². The molecule has 0 bridgehead atoms. The molecule has 0 spiro atoms. The lowest BCUT2D eigenvalue weighted by Crippen LogP contribution is -2.23. The minimum atomic E-state index is -0.266. The van der Waals surface area contributed by atoms with E-state index in [-0.39, 0.29) is 5.82 Å². The summed E-state index contributed by atoms with van der Waals surface area (Å²) in [6.45, 7) is 9.28. The van der Waals surface area contributed by atoms with Crippen LogP contribution in [-0.4, -0.2) is 18.0 Å². The summed E-state index contributed by atoms with van der Waals surface area (Å²) in [7, 11) is 0. The Morgan fingerprint density at radius 1 is 1.25 bits per heavy atom. The molecule has 1 rings (SSSR count). The molecule has 0 fully saturated rings. The lowest BCUT2D eigenvalue weighted by atomic mass is 10.2. The van der Waals surface area contributed by atoms with E-state index in [1.54, 1.807) is 24.3 Å². The molecule has 16 heavy (non-hydrogen) atoms. The van der Waals surface area contributed by atoms with Crippen LogP contribution in [0, 0.1) is 5.82 Å². The van der Waals surface area contributed by atoms with Gasteiger partial charge in [0.15, 0.2) is 0 Å². The highest BCUT2D eigenvalue weighted by Gasteiger charge is 2.07. The normalized spacial score (nSPS) is 10.4. The number of nitrogens with two attached hydrogens (primary N) is 1. The van der Waals surface area contributed by atoms with Crippen LogP contribution in [0.4, 0.5) is 10.1 Å². The van der Waals surface area contributed by atoms with Crippen molar-refractivity contribution in [3.8, 4) is 0 Å². The summed E-state index contributed by atoms with van der Waals surface area (Å²) in [4.78, 5) is 2.04. The fourth-order valence-electron chi connectivity index (χ4n) is 1.50. The molecule has 0 unspecified atom stereocenters. The van der Waals surface area contributed by atoms with Gasteiger partial charge in [0.2, 0.25) is 0 Å². The van der Waals surface area contributed by atoms with Crippen LogP contribution in [0.2, 0.25) is 0 Å². The Kier molecular flexibility index (Phi) is 4.73. The van der Waals surface area contributed by atoms with Crippen LogP contribution < -0.4 is 5.73 Å². The number of benzene rings is 1. The molecule has 2 N–H and O–H groups in total. The van der Waals surface area contributed by atoms with Gasteiger partial charge in [-0.05, 0) is 12.1 Å². The van der Waals surface area contributed by atoms with Crippen molar-refractivity contribution in [2.24, 2.45) is 0 Å². The van der Waals surface area contributed by atoms with E-state index in [4.69, 9.17) is 5.73 Å². The second-order valence-corrected chi connectivity index (χ2v) is 3.62. The summed E-state index contributed by atoms with van der Waals surface area (Å²) in [5, 5.41) is 0. The van der Waals surface area contributed by atoms with E-state index < -0.39 is 0 Å². The maximum absolute atomic E-state index is 13.5. The average Bonchev–Trinajstić information content (AvgIpc) is 2.23. The van der Waals surface area contributed by atoms with Gasteiger partial charge in [0, 0.05) is 30.9 Å². The molecular weight excluding hydrogens is 203 g/mol. The summed E-state index contributed by atoms with van der Waals surface area (Å²) < 4.78 is 13.5. The molecule has 0 saturated carbocycles. The Morgan fingerprint density at radius 2 is 1.88 bits per heavy atom. The predicted octanol–water partition coefficient (Wildman–Crippen LogP) is 2.58. The van der Waals surface area contributed by atoms with E-state index in [0.717, 1.165) is 0 Å². The van der Waals surface area contributed by atoms with Crippen molar-refractivity contribution in [1.29, 1.82) is 0 Å². The van der Waals surface area contributed by atoms with E-state index >= 15 is 0 Å². The minimum absolute atomic E-state index is 0.266. The van der Waals surface area contributed by atoms with Crippen molar-refractivity contribution in [3.05, 3.63) is 54.9 Å². The van der Waals surface area contributed by atoms with E-state index in [9.17, 15) is 4.39 Å². The number of nitrogens with zero attached hydrogens (tertiary/aromatic N) is 1. The first-order valence-electron chi connectivity index (χ1n) is 5.15. The first-order valence-corrected chi connectivity index (χ1v) is 5.15. The molecule has 0 saturated heterocycles. The van der Waals surface area contributed by atoms with Crippen molar-refractivity contribution >= 4 is 5.69 Å². The molecule has 3 heteroatoms. The summed E-state index contributed by atoms with van der Waals surface area (Å²) in [6, 6.07) is 4.76. The molecule has 0 radical (unpaired) electrons. The Bertz CT molecular complexity index is 364. The van der Waals surface area contributed by atoms with E-state index in [1.165, 1.54) is 6.07 Å². The van der Waals surface area contributed by atoms with Gasteiger partial charge < -0.3 is 5.73 Å². The van der Waals surface area contributed by atoms with Gasteiger partial charge in [-0.2, -0.15) is 0 Å². The second-order valence-electron chi connectivity index (χ2n) is 3.62. The van der Waals surface area contributed by atoms with Gasteiger partial charge in [-0.1, -0.05) is 18.2 Å². The summed E-state index contributed by atoms with van der Waals surface area (Å²) in [6.07, 6.45) is 3.58. The zero-order chi connectivity index (χ0) is 12.0. The van der Waals surface area contributed by atoms with Crippen LogP contribution in [-0.2, 0) is 6.54 Å². The largest absolute Gasteiger partial charge is 0.399 e. The Morgan fingerprint density at radius 3 is 2.38 bits per heavy atom. The zero-order valence-corrected chi connectivity index (χ0v) is 9.32. The third-order valence-corrected chi connectivity index (χ3v) is 2.25. The molecule has 0 amide bonds. The smallest absolute Gasteiger partial charge is 0.129 e. The predicted molar refractivity (Wildman–Crippen MR) is 66.5 cm³/mol. The Balaban J connectivity index is 2.75. The Labute approximate surface area is 95.9 Å². The van der Waals surface area contributed by atoms with Crippen LogP contribution >= 0.6 is 0 Å². The van der Waals surface area contributed by atoms with E-state index in [2.05, 4.69) is 13.2 Å². The highest BCUT2D eigenvalue weighted by Crippen LogP contribution is 2.14. The van der Waals surface area contributed by atoms with Crippen molar-refractivity contribution in [2.75, 3.05) is 18.8 Å². The number of rotatable bonds is 6. The van der Waals surface area contributed by atoms with Gasteiger partial charge in [-0.3, -0.25) is 4.90 Å². The molecule has 0 aromatic heterocycles. The lowest BCUT2D eigenvalue weighted by Gasteiger charge is -2.19. The standard InChI is InChI=1S/C13H17FN2/c1-3-7-16(8-4-2)10-11-5-6-12(15)9-13(11)14/h3-6,9H,1-2,7-8,10,15H2. The van der Waals surface area contributed by atoms with E-state index in [1.807, 2.05) is 4.90 Å². The number of hydrogen-bond donors (Lipinski definition) is 1. The molecule has 0 atom stereocenters. The molecule has 0 aliphatic rings. The fraction of sp³-hybridized carbons (Fsp3) is 0.231. The van der Waals surface area contributed by atoms with Crippen molar-refractivity contribution in [3.63, 3.8) is 0 Å². The highest BCUT2D eigenvalue weighted by molar-refractivity contribution is 5.40. The molecule has 0 aliphatic heterocycles. The van der Waals surface area contributed by atoms with Gasteiger partial charge in [0.1, 0.15) is 5.82 Å². The monoisotopic (exact) mass is 220 g/mol. The van der Waals surface area contributed by atoms with Crippen LogP contribution in [0.3, 0.4) is 0 Å². The first-order chi connectivity index (χ1) is 7.67. The van der Waals surface area contributed by atoms with Crippen molar-refractivity contribution in [1.82, 2.24) is 4.90 Å². The molecule has 1 aromatic carbocycles. The number of hydrogen-bond acceptors (Lipinski definition) is 2. The van der Waals surface area contributed by atoms with Gasteiger partial charge >= 0.3 is 0 Å².